The van der Waals surface area contributed by atoms with Crippen molar-refractivity contribution in [3.05, 3.63) is 47.5 Å². The van der Waals surface area contributed by atoms with Crippen LogP contribution in [0.2, 0.25) is 0 Å². The van der Waals surface area contributed by atoms with E-state index in [-0.39, 0.29) is 0 Å². The first-order valence-electron chi connectivity index (χ1n) is 8.75. The molecule has 1 heteroatoms. The summed E-state index contributed by atoms with van der Waals surface area (Å²) >= 11 is 0. The third-order valence-corrected chi connectivity index (χ3v) is 5.47. The Labute approximate surface area is 129 Å². The quantitative estimate of drug-likeness (QED) is 0.725. The largest absolute Gasteiger partial charge is 0.386 e. The molecule has 0 atom stereocenters. The zero-order chi connectivity index (χ0) is 14.5. The summed E-state index contributed by atoms with van der Waals surface area (Å²) < 4.78 is 0. The average Bonchev–Trinajstić information content (AvgIpc) is 2.48. The Hall–Kier alpha value is -1.08. The average molecular weight is 284 g/mol. The predicted molar refractivity (Wildman–Crippen MR) is 88.4 cm³/mol. The summed E-state index contributed by atoms with van der Waals surface area (Å²) in [5.74, 6) is 0.639. The molecule has 0 amide bonds. The van der Waals surface area contributed by atoms with Crippen molar-refractivity contribution < 1.29 is 5.11 Å². The molecule has 0 bridgehead atoms. The van der Waals surface area contributed by atoms with Gasteiger partial charge in [0.05, 0.1) is 5.60 Å². The van der Waals surface area contributed by atoms with Gasteiger partial charge in [-0.15, -0.1) is 0 Å². The molecule has 2 aliphatic rings. The molecular weight excluding hydrogens is 256 g/mol. The highest BCUT2D eigenvalue weighted by atomic mass is 16.3. The molecule has 1 saturated carbocycles. The Morgan fingerprint density at radius 3 is 2.38 bits per heavy atom. The van der Waals surface area contributed by atoms with Crippen LogP contribution in [-0.2, 0) is 0 Å². The predicted octanol–water partition coefficient (Wildman–Crippen LogP) is 5.36. The van der Waals surface area contributed by atoms with Gasteiger partial charge in [0.15, 0.2) is 0 Å². The Kier molecular flexibility index (Phi) is 4.80. The molecule has 1 nitrogen and oxygen atoms in total. The summed E-state index contributed by atoms with van der Waals surface area (Å²) in [6.45, 7) is 0. The van der Waals surface area contributed by atoms with E-state index in [1.807, 2.05) is 0 Å². The van der Waals surface area contributed by atoms with Gasteiger partial charge < -0.3 is 5.11 Å². The van der Waals surface area contributed by atoms with Crippen LogP contribution in [0.1, 0.15) is 75.7 Å². The van der Waals surface area contributed by atoms with Gasteiger partial charge in [0, 0.05) is 0 Å². The maximum Gasteiger partial charge on any atom is 0.0857 e. The highest BCUT2D eigenvalue weighted by molar-refractivity contribution is 5.24. The summed E-state index contributed by atoms with van der Waals surface area (Å²) in [4.78, 5) is 0. The van der Waals surface area contributed by atoms with Crippen molar-refractivity contribution in [2.45, 2.75) is 75.7 Å². The monoisotopic (exact) mass is 284 g/mol. The molecule has 0 aromatic heterocycles. The molecule has 0 radical (unpaired) electrons. The van der Waals surface area contributed by atoms with E-state index < -0.39 is 5.60 Å². The van der Waals surface area contributed by atoms with Gasteiger partial charge in [-0.1, -0.05) is 49.2 Å². The van der Waals surface area contributed by atoms with Gasteiger partial charge in [0.1, 0.15) is 0 Å². The molecule has 114 valence electrons. The molecule has 0 unspecified atom stereocenters. The van der Waals surface area contributed by atoms with Gasteiger partial charge >= 0.3 is 0 Å². The number of benzene rings is 1. The number of rotatable bonds is 2. The lowest BCUT2D eigenvalue weighted by molar-refractivity contribution is 0.0300. The van der Waals surface area contributed by atoms with E-state index in [9.17, 15) is 5.11 Å². The summed E-state index contributed by atoms with van der Waals surface area (Å²) in [6, 6.07) is 10.8. The van der Waals surface area contributed by atoms with Gasteiger partial charge in [-0.2, -0.15) is 0 Å². The van der Waals surface area contributed by atoms with E-state index in [2.05, 4.69) is 36.4 Å². The Bertz CT molecular complexity index is 466. The van der Waals surface area contributed by atoms with Crippen molar-refractivity contribution in [1.29, 1.82) is 0 Å². The fourth-order valence-corrected chi connectivity index (χ4v) is 4.09. The Morgan fingerprint density at radius 1 is 0.905 bits per heavy atom. The molecule has 1 aromatic rings. The molecule has 1 N–H and O–H groups in total. The van der Waals surface area contributed by atoms with Crippen molar-refractivity contribution in [1.82, 2.24) is 0 Å². The molecule has 21 heavy (non-hydrogen) atoms. The first-order chi connectivity index (χ1) is 10.3. The zero-order valence-corrected chi connectivity index (χ0v) is 13.1. The minimum Gasteiger partial charge on any atom is -0.386 e. The lowest BCUT2D eigenvalue weighted by atomic mass is 9.71. The third kappa shape index (κ3) is 3.58. The Morgan fingerprint density at radius 2 is 1.62 bits per heavy atom. The van der Waals surface area contributed by atoms with Crippen LogP contribution in [0.15, 0.2) is 42.0 Å². The van der Waals surface area contributed by atoms with E-state index in [0.29, 0.717) is 5.92 Å². The Balaban J connectivity index is 1.66. The van der Waals surface area contributed by atoms with Crippen LogP contribution in [0, 0.1) is 0 Å². The highest BCUT2D eigenvalue weighted by Gasteiger charge is 2.36. The second-order valence-corrected chi connectivity index (χ2v) is 6.90. The minimum atomic E-state index is -0.497. The first kappa shape index (κ1) is 14.8. The molecule has 1 fully saturated rings. The third-order valence-electron chi connectivity index (χ3n) is 5.47. The van der Waals surface area contributed by atoms with E-state index in [0.717, 1.165) is 32.1 Å². The second kappa shape index (κ2) is 6.79. The molecule has 0 aliphatic heterocycles. The molecule has 0 saturated heterocycles. The minimum absolute atomic E-state index is 0.497. The van der Waals surface area contributed by atoms with Gasteiger partial charge in [-0.25, -0.2) is 0 Å². The lowest BCUT2D eigenvalue weighted by Gasteiger charge is -2.39. The number of allylic oxidation sites excluding steroid dienone is 1. The standard InChI is InChI=1S/C20H28O/c21-20(19-11-7-2-1-3-8-12-19)15-13-18(14-16-20)17-9-5-4-6-10-17/h4-6,9-11,18,21H,1-3,7-8,12-16H2/b19-11+. The fraction of sp³-hybridized carbons (Fsp3) is 0.600. The van der Waals surface area contributed by atoms with Crippen molar-refractivity contribution >= 4 is 0 Å². The number of aliphatic hydroxyl groups is 1. The van der Waals surface area contributed by atoms with E-state index in [1.165, 1.54) is 43.2 Å². The van der Waals surface area contributed by atoms with Crippen LogP contribution in [0.3, 0.4) is 0 Å². The topological polar surface area (TPSA) is 20.2 Å². The summed E-state index contributed by atoms with van der Waals surface area (Å²) in [7, 11) is 0. The zero-order valence-electron chi connectivity index (χ0n) is 13.1. The van der Waals surface area contributed by atoms with Crippen LogP contribution in [-0.4, -0.2) is 10.7 Å². The van der Waals surface area contributed by atoms with Gasteiger partial charge in [0.25, 0.3) is 0 Å². The van der Waals surface area contributed by atoms with Crippen LogP contribution in [0.5, 0.6) is 0 Å². The SMILES string of the molecule is OC1(/C2=C/CCCCCC2)CCC(c2ccccc2)CC1. The maximum absolute atomic E-state index is 11.1. The van der Waals surface area contributed by atoms with Crippen LogP contribution >= 0.6 is 0 Å². The van der Waals surface area contributed by atoms with Gasteiger partial charge in [-0.3, -0.25) is 0 Å². The van der Waals surface area contributed by atoms with Crippen LogP contribution in [0.4, 0.5) is 0 Å². The highest BCUT2D eigenvalue weighted by Crippen LogP contribution is 2.43. The number of hydrogen-bond acceptors (Lipinski definition) is 1. The summed E-state index contributed by atoms with van der Waals surface area (Å²) in [6.07, 6.45) is 14.0. The van der Waals surface area contributed by atoms with Crippen molar-refractivity contribution in [3.8, 4) is 0 Å². The normalized spacial score (nSPS) is 33.6. The second-order valence-electron chi connectivity index (χ2n) is 6.90. The lowest BCUT2D eigenvalue weighted by Crippen LogP contribution is -2.36. The smallest absolute Gasteiger partial charge is 0.0857 e. The van der Waals surface area contributed by atoms with Gasteiger partial charge in [-0.05, 0) is 68.4 Å². The van der Waals surface area contributed by atoms with Crippen LogP contribution in [0.25, 0.3) is 0 Å². The van der Waals surface area contributed by atoms with E-state index in [1.54, 1.807) is 0 Å². The van der Waals surface area contributed by atoms with Crippen molar-refractivity contribution in [2.24, 2.45) is 0 Å². The molecule has 0 heterocycles. The van der Waals surface area contributed by atoms with Crippen molar-refractivity contribution in [2.75, 3.05) is 0 Å². The molecule has 1 aromatic carbocycles. The van der Waals surface area contributed by atoms with E-state index in [4.69, 9.17) is 0 Å². The molecular formula is C20H28O. The van der Waals surface area contributed by atoms with Crippen LogP contribution < -0.4 is 0 Å². The number of hydrogen-bond donors (Lipinski definition) is 1. The molecule has 0 spiro atoms. The maximum atomic E-state index is 11.1. The molecule has 3 rings (SSSR count). The molecule has 2 aliphatic carbocycles. The van der Waals surface area contributed by atoms with E-state index >= 15 is 0 Å². The summed E-state index contributed by atoms with van der Waals surface area (Å²) in [5.41, 5.74) is 2.31. The fourth-order valence-electron chi connectivity index (χ4n) is 4.09. The van der Waals surface area contributed by atoms with Gasteiger partial charge in [0.2, 0.25) is 0 Å². The summed E-state index contributed by atoms with van der Waals surface area (Å²) in [5, 5.41) is 11.1. The van der Waals surface area contributed by atoms with Crippen molar-refractivity contribution in [3.63, 3.8) is 0 Å². The first-order valence-corrected chi connectivity index (χ1v) is 8.75.